The molecule has 27 heavy (non-hydrogen) atoms. The quantitative estimate of drug-likeness (QED) is 0.852. The number of aromatic amines is 1. The van der Waals surface area contributed by atoms with Gasteiger partial charge in [0, 0.05) is 29.8 Å². The van der Waals surface area contributed by atoms with E-state index in [0.29, 0.717) is 13.1 Å². The summed E-state index contributed by atoms with van der Waals surface area (Å²) in [6.07, 6.45) is 4.32. The van der Waals surface area contributed by atoms with Crippen LogP contribution in [0.25, 0.3) is 0 Å². The molecule has 4 rings (SSSR count). The Balaban J connectivity index is 1.49. The number of urea groups is 1. The van der Waals surface area contributed by atoms with Crippen LogP contribution in [0.1, 0.15) is 37.2 Å². The zero-order valence-electron chi connectivity index (χ0n) is 16.0. The second kappa shape index (κ2) is 6.79. The van der Waals surface area contributed by atoms with Crippen LogP contribution in [0, 0.1) is 0 Å². The highest BCUT2D eigenvalue weighted by Crippen LogP contribution is 2.32. The third kappa shape index (κ3) is 3.72. The van der Waals surface area contributed by atoms with E-state index in [0.717, 1.165) is 47.7 Å². The number of H-pyrrole nitrogens is 1. The minimum absolute atomic E-state index is 0.0525. The van der Waals surface area contributed by atoms with E-state index < -0.39 is 5.60 Å². The van der Waals surface area contributed by atoms with Crippen LogP contribution >= 0.6 is 0 Å². The first-order valence-electron chi connectivity index (χ1n) is 9.36. The van der Waals surface area contributed by atoms with Crippen LogP contribution in [0.4, 0.5) is 4.79 Å². The molecule has 1 aliphatic carbocycles. The van der Waals surface area contributed by atoms with Gasteiger partial charge in [0.2, 0.25) is 0 Å². The van der Waals surface area contributed by atoms with Crippen LogP contribution in [0.2, 0.25) is 0 Å². The number of rotatable bonds is 2. The Kier molecular flexibility index (Phi) is 4.45. The topological polar surface area (TPSA) is 79.5 Å². The molecule has 144 valence electrons. The van der Waals surface area contributed by atoms with Crippen LogP contribution in [-0.4, -0.2) is 46.2 Å². The average Bonchev–Trinajstić information content (AvgIpc) is 3.04. The molecule has 2 aromatic rings. The predicted octanol–water partition coefficient (Wildman–Crippen LogP) is 2.66. The molecule has 0 saturated carbocycles. The maximum Gasteiger partial charge on any atom is 0.318 e. The van der Waals surface area contributed by atoms with Crippen molar-refractivity contribution in [2.75, 3.05) is 13.7 Å². The minimum atomic E-state index is -0.488. The van der Waals surface area contributed by atoms with Gasteiger partial charge in [-0.05, 0) is 38.8 Å². The highest BCUT2D eigenvalue weighted by molar-refractivity contribution is 5.75. The fraction of sp³-hybridized carbons (Fsp3) is 0.500. The first-order valence-corrected chi connectivity index (χ1v) is 9.36. The van der Waals surface area contributed by atoms with Crippen LogP contribution in [0.3, 0.4) is 0 Å². The monoisotopic (exact) mass is 370 g/mol. The summed E-state index contributed by atoms with van der Waals surface area (Å²) < 4.78 is 11.5. The number of aryl methyl sites for hydroxylation is 1. The van der Waals surface area contributed by atoms with E-state index >= 15 is 0 Å². The van der Waals surface area contributed by atoms with E-state index in [-0.39, 0.29) is 12.1 Å². The lowest BCUT2D eigenvalue weighted by Gasteiger charge is -2.31. The van der Waals surface area contributed by atoms with Crippen LogP contribution in [0.15, 0.2) is 24.5 Å². The number of hydrogen-bond acceptors (Lipinski definition) is 4. The molecule has 0 saturated heterocycles. The van der Waals surface area contributed by atoms with Crippen LogP contribution < -0.4 is 14.8 Å². The molecule has 0 spiro atoms. The summed E-state index contributed by atoms with van der Waals surface area (Å²) >= 11 is 0. The molecule has 2 aliphatic rings. The lowest BCUT2D eigenvalue weighted by Crippen LogP contribution is -2.50. The Morgan fingerprint density at radius 2 is 2.30 bits per heavy atom. The Morgan fingerprint density at radius 1 is 1.44 bits per heavy atom. The molecule has 2 amide bonds. The van der Waals surface area contributed by atoms with E-state index in [1.54, 1.807) is 13.4 Å². The van der Waals surface area contributed by atoms with E-state index in [4.69, 9.17) is 9.47 Å². The lowest BCUT2D eigenvalue weighted by atomic mass is 9.96. The molecule has 2 heterocycles. The Bertz CT molecular complexity index is 846. The van der Waals surface area contributed by atoms with E-state index in [1.165, 1.54) is 0 Å². The van der Waals surface area contributed by atoms with Crippen molar-refractivity contribution >= 4 is 6.03 Å². The molecule has 1 atom stereocenters. The summed E-state index contributed by atoms with van der Waals surface area (Å²) in [5.41, 5.74) is 2.74. The lowest BCUT2D eigenvalue weighted by molar-refractivity contribution is 0.0797. The number of nitrogens with zero attached hydrogens (tertiary/aromatic N) is 2. The van der Waals surface area contributed by atoms with Gasteiger partial charge in [0.15, 0.2) is 0 Å². The summed E-state index contributed by atoms with van der Waals surface area (Å²) in [7, 11) is 1.64. The van der Waals surface area contributed by atoms with Gasteiger partial charge in [-0.2, -0.15) is 0 Å². The van der Waals surface area contributed by atoms with Crippen molar-refractivity contribution in [3.05, 3.63) is 41.5 Å². The first kappa shape index (κ1) is 17.7. The molecular formula is C20H26N4O3. The molecule has 1 aliphatic heterocycles. The maximum atomic E-state index is 13.0. The third-order valence-electron chi connectivity index (χ3n) is 5.20. The van der Waals surface area contributed by atoms with Gasteiger partial charge in [0.1, 0.15) is 17.1 Å². The molecule has 2 N–H and O–H groups in total. The van der Waals surface area contributed by atoms with E-state index in [9.17, 15) is 4.79 Å². The fourth-order valence-electron chi connectivity index (χ4n) is 3.87. The van der Waals surface area contributed by atoms with Crippen molar-refractivity contribution < 1.29 is 14.3 Å². The number of hydrogen-bond donors (Lipinski definition) is 2. The van der Waals surface area contributed by atoms with Gasteiger partial charge in [0.25, 0.3) is 0 Å². The molecular weight excluding hydrogens is 344 g/mol. The van der Waals surface area contributed by atoms with Crippen molar-refractivity contribution in [1.29, 1.82) is 0 Å². The number of methoxy groups -OCH3 is 1. The minimum Gasteiger partial charge on any atom is -0.497 e. The van der Waals surface area contributed by atoms with Gasteiger partial charge < -0.3 is 24.7 Å². The third-order valence-corrected chi connectivity index (χ3v) is 5.20. The number of carbonyl (C=O) groups is 1. The van der Waals surface area contributed by atoms with Gasteiger partial charge in [-0.1, -0.05) is 0 Å². The number of benzene rings is 1. The van der Waals surface area contributed by atoms with Crippen molar-refractivity contribution in [2.45, 2.75) is 51.3 Å². The zero-order chi connectivity index (χ0) is 19.0. The summed E-state index contributed by atoms with van der Waals surface area (Å²) in [6.45, 7) is 5.02. The van der Waals surface area contributed by atoms with Crippen molar-refractivity contribution in [2.24, 2.45) is 0 Å². The maximum absolute atomic E-state index is 13.0. The molecule has 0 fully saturated rings. The highest BCUT2D eigenvalue weighted by Gasteiger charge is 2.33. The SMILES string of the molecule is COc1ccc2c(c1)OC(C)(C)CN(C(=O)NC1CCc3nc[nH]c3C1)C2. The predicted molar refractivity (Wildman–Crippen MR) is 101 cm³/mol. The van der Waals surface area contributed by atoms with Gasteiger partial charge in [0.05, 0.1) is 32.2 Å². The number of fused-ring (bicyclic) bond motifs is 2. The summed E-state index contributed by atoms with van der Waals surface area (Å²) in [5.74, 6) is 1.52. The van der Waals surface area contributed by atoms with E-state index in [1.807, 2.05) is 36.9 Å². The number of ether oxygens (including phenoxy) is 2. The Labute approximate surface area is 159 Å². The normalized spacial score (nSPS) is 20.7. The van der Waals surface area contributed by atoms with Gasteiger partial charge in [-0.3, -0.25) is 0 Å². The van der Waals surface area contributed by atoms with Gasteiger partial charge >= 0.3 is 6.03 Å². The van der Waals surface area contributed by atoms with Crippen LogP contribution in [0.5, 0.6) is 11.5 Å². The summed E-state index contributed by atoms with van der Waals surface area (Å²) in [5, 5.41) is 3.20. The summed E-state index contributed by atoms with van der Waals surface area (Å²) in [4.78, 5) is 22.3. The molecule has 1 aromatic carbocycles. The van der Waals surface area contributed by atoms with Crippen LogP contribution in [-0.2, 0) is 19.4 Å². The van der Waals surface area contributed by atoms with Crippen molar-refractivity contribution in [3.63, 3.8) is 0 Å². The van der Waals surface area contributed by atoms with E-state index in [2.05, 4.69) is 15.3 Å². The fourth-order valence-corrected chi connectivity index (χ4v) is 3.87. The molecule has 0 radical (unpaired) electrons. The van der Waals surface area contributed by atoms with Crippen molar-refractivity contribution in [3.8, 4) is 11.5 Å². The molecule has 1 unspecified atom stereocenters. The first-order chi connectivity index (χ1) is 12.9. The van der Waals surface area contributed by atoms with Crippen molar-refractivity contribution in [1.82, 2.24) is 20.2 Å². The Morgan fingerprint density at radius 3 is 3.11 bits per heavy atom. The average molecular weight is 370 g/mol. The largest absolute Gasteiger partial charge is 0.497 e. The Hall–Kier alpha value is -2.70. The van der Waals surface area contributed by atoms with Gasteiger partial charge in [-0.25, -0.2) is 9.78 Å². The molecule has 7 heteroatoms. The van der Waals surface area contributed by atoms with Gasteiger partial charge in [-0.15, -0.1) is 0 Å². The smallest absolute Gasteiger partial charge is 0.318 e. The highest BCUT2D eigenvalue weighted by atomic mass is 16.5. The second-order valence-electron chi connectivity index (χ2n) is 7.91. The summed E-state index contributed by atoms with van der Waals surface area (Å²) in [6, 6.07) is 5.82. The molecule has 7 nitrogen and oxygen atoms in total. The second-order valence-corrected chi connectivity index (χ2v) is 7.91. The zero-order valence-corrected chi connectivity index (χ0v) is 16.0. The number of imidazole rings is 1. The molecule has 0 bridgehead atoms. The standard InChI is InChI=1S/C20H26N4O3/c1-20(2)11-24(10-13-4-6-15(26-3)9-18(13)27-20)19(25)23-14-5-7-16-17(8-14)22-12-21-16/h4,6,9,12,14H,5,7-8,10-11H2,1-3H3,(H,21,22)(H,23,25). The number of aromatic nitrogens is 2. The number of nitrogens with one attached hydrogen (secondary N) is 2. The number of carbonyl (C=O) groups excluding carboxylic acids is 1. The molecule has 1 aromatic heterocycles. The number of amides is 2.